The fourth-order valence-electron chi connectivity index (χ4n) is 5.43. The second kappa shape index (κ2) is 12.5. The minimum atomic E-state index is -0.574. The number of benzene rings is 2. The second-order valence-electron chi connectivity index (χ2n) is 12.1. The summed E-state index contributed by atoms with van der Waals surface area (Å²) in [7, 11) is 0. The number of hydrogen-bond donors (Lipinski definition) is 2. The van der Waals surface area contributed by atoms with E-state index in [1.165, 1.54) is 0 Å². The molecule has 5 rings (SSSR count). The average Bonchev–Trinajstić information content (AvgIpc) is 3.48. The number of aromatic nitrogens is 1. The number of ether oxygens (including phenoxy) is 1. The zero-order chi connectivity index (χ0) is 30.7. The fourth-order valence-corrected chi connectivity index (χ4v) is 6.11. The third-order valence-electron chi connectivity index (χ3n) is 8.16. The number of hydrogen-bond acceptors (Lipinski definition) is 6. The molecule has 0 saturated carbocycles. The number of esters is 1. The van der Waals surface area contributed by atoms with Gasteiger partial charge in [-0.3, -0.25) is 9.59 Å². The van der Waals surface area contributed by atoms with Gasteiger partial charge < -0.3 is 15.4 Å². The van der Waals surface area contributed by atoms with Gasteiger partial charge in [-0.25, -0.2) is 9.78 Å². The van der Waals surface area contributed by atoms with Crippen LogP contribution in [0, 0.1) is 25.2 Å². The highest BCUT2D eigenvalue weighted by molar-refractivity contribution is 7.10. The molecule has 0 spiro atoms. The van der Waals surface area contributed by atoms with Crippen molar-refractivity contribution in [3.05, 3.63) is 92.8 Å². The number of carbonyl (C=O) groups excluding carboxylic acids is 3. The SMILES string of the molecule is Cc1cccc(NC(=O)CNC(=O)COC(=O)c2c3c(nc4ccccc24)C(=Cc2cccs2)CC(C(C)(C)C)C3)c1C. The third-order valence-corrected chi connectivity index (χ3v) is 8.98. The predicted molar refractivity (Wildman–Crippen MR) is 173 cm³/mol. The Bertz CT molecular complexity index is 1720. The van der Waals surface area contributed by atoms with Crippen LogP contribution in [0.15, 0.2) is 60.0 Å². The lowest BCUT2D eigenvalue weighted by molar-refractivity contribution is -0.126. The van der Waals surface area contributed by atoms with Crippen LogP contribution in [0.4, 0.5) is 5.69 Å². The van der Waals surface area contributed by atoms with Gasteiger partial charge in [-0.15, -0.1) is 11.3 Å². The van der Waals surface area contributed by atoms with E-state index in [0.29, 0.717) is 28.6 Å². The van der Waals surface area contributed by atoms with Crippen LogP contribution in [0.3, 0.4) is 0 Å². The minimum Gasteiger partial charge on any atom is -0.452 e. The highest BCUT2D eigenvalue weighted by Crippen LogP contribution is 2.45. The van der Waals surface area contributed by atoms with Gasteiger partial charge >= 0.3 is 5.97 Å². The number of pyridine rings is 1. The molecule has 2 amide bonds. The van der Waals surface area contributed by atoms with Crippen LogP contribution in [0.1, 0.15) is 64.8 Å². The van der Waals surface area contributed by atoms with Gasteiger partial charge in [0.05, 0.1) is 23.3 Å². The van der Waals surface area contributed by atoms with Gasteiger partial charge in [0.1, 0.15) is 0 Å². The van der Waals surface area contributed by atoms with Crippen LogP contribution >= 0.6 is 11.3 Å². The largest absolute Gasteiger partial charge is 0.452 e. The summed E-state index contributed by atoms with van der Waals surface area (Å²) in [6.07, 6.45) is 3.70. The first kappa shape index (κ1) is 30.2. The fraction of sp³-hybridized carbons (Fsp3) is 0.314. The summed E-state index contributed by atoms with van der Waals surface area (Å²) < 4.78 is 5.58. The first-order chi connectivity index (χ1) is 20.5. The van der Waals surface area contributed by atoms with Crippen molar-refractivity contribution < 1.29 is 19.1 Å². The van der Waals surface area contributed by atoms with Crippen molar-refractivity contribution in [3.63, 3.8) is 0 Å². The lowest BCUT2D eigenvalue weighted by atomic mass is 9.69. The number of allylic oxidation sites excluding steroid dienone is 1. The molecule has 0 radical (unpaired) electrons. The van der Waals surface area contributed by atoms with E-state index >= 15 is 0 Å². The standard InChI is InChI=1S/C35H37N3O4S/c1-21-10-8-14-28(22(21)2)37-30(39)19-36-31(40)20-42-34(41)32-26-12-6-7-13-29(26)38-33-23(17-25-11-9-15-43-25)16-24(18-27(32)33)35(3,4)5/h6-15,17,24H,16,18-20H2,1-5H3,(H,36,40)(H,37,39). The molecule has 7 nitrogen and oxygen atoms in total. The van der Waals surface area contributed by atoms with E-state index in [4.69, 9.17) is 9.72 Å². The summed E-state index contributed by atoms with van der Waals surface area (Å²) in [4.78, 5) is 45.0. The Hall–Kier alpha value is -4.30. The smallest absolute Gasteiger partial charge is 0.339 e. The number of para-hydroxylation sites is 1. The van der Waals surface area contributed by atoms with E-state index in [1.807, 2.05) is 67.8 Å². The lowest BCUT2D eigenvalue weighted by Crippen LogP contribution is -2.36. The molecule has 4 aromatic rings. The Morgan fingerprint density at radius 3 is 2.53 bits per heavy atom. The maximum absolute atomic E-state index is 13.7. The summed E-state index contributed by atoms with van der Waals surface area (Å²) in [5.74, 6) is -1.21. The number of aryl methyl sites for hydroxylation is 1. The van der Waals surface area contributed by atoms with E-state index in [9.17, 15) is 14.4 Å². The summed E-state index contributed by atoms with van der Waals surface area (Å²) in [5, 5.41) is 8.11. The topological polar surface area (TPSA) is 97.4 Å². The molecule has 2 aromatic heterocycles. The number of carbonyl (C=O) groups is 3. The van der Waals surface area contributed by atoms with Crippen molar-refractivity contribution in [2.45, 2.75) is 47.5 Å². The molecular formula is C35H37N3O4S. The van der Waals surface area contributed by atoms with Gasteiger partial charge in [-0.2, -0.15) is 0 Å². The molecule has 1 aliphatic rings. The summed E-state index contributed by atoms with van der Waals surface area (Å²) in [5.41, 5.74) is 6.62. The van der Waals surface area contributed by atoms with Gasteiger partial charge in [-0.1, -0.05) is 57.2 Å². The Morgan fingerprint density at radius 1 is 1.00 bits per heavy atom. The molecule has 1 unspecified atom stereocenters. The van der Waals surface area contributed by atoms with Crippen LogP contribution in [-0.4, -0.2) is 35.9 Å². The van der Waals surface area contributed by atoms with Crippen LogP contribution in [-0.2, 0) is 20.7 Å². The molecule has 0 bridgehead atoms. The predicted octanol–water partition coefficient (Wildman–Crippen LogP) is 6.97. The summed E-state index contributed by atoms with van der Waals surface area (Å²) in [6.45, 7) is 9.82. The van der Waals surface area contributed by atoms with Crippen LogP contribution in [0.25, 0.3) is 22.6 Å². The first-order valence-corrected chi connectivity index (χ1v) is 15.3. The van der Waals surface area contributed by atoms with Crippen LogP contribution in [0.2, 0.25) is 0 Å². The summed E-state index contributed by atoms with van der Waals surface area (Å²) in [6, 6.07) is 17.3. The highest BCUT2D eigenvalue weighted by Gasteiger charge is 2.35. The van der Waals surface area contributed by atoms with Crippen molar-refractivity contribution in [1.29, 1.82) is 0 Å². The Morgan fingerprint density at radius 2 is 1.79 bits per heavy atom. The minimum absolute atomic E-state index is 0.00348. The molecule has 1 aliphatic carbocycles. The zero-order valence-electron chi connectivity index (χ0n) is 25.2. The van der Waals surface area contributed by atoms with Crippen molar-refractivity contribution in [2.75, 3.05) is 18.5 Å². The van der Waals surface area contributed by atoms with Gasteiger partial charge in [0, 0.05) is 16.0 Å². The van der Waals surface area contributed by atoms with E-state index in [-0.39, 0.29) is 23.8 Å². The van der Waals surface area contributed by atoms with E-state index in [2.05, 4.69) is 43.5 Å². The monoisotopic (exact) mass is 595 g/mol. The average molecular weight is 596 g/mol. The van der Waals surface area contributed by atoms with Gasteiger partial charge in [-0.05, 0) is 89.9 Å². The molecule has 0 aliphatic heterocycles. The second-order valence-corrected chi connectivity index (χ2v) is 13.1. The zero-order valence-corrected chi connectivity index (χ0v) is 26.1. The van der Waals surface area contributed by atoms with Gasteiger partial charge in [0.25, 0.3) is 5.91 Å². The molecular weight excluding hydrogens is 558 g/mol. The molecule has 43 heavy (non-hydrogen) atoms. The van der Waals surface area contributed by atoms with Crippen molar-refractivity contribution in [1.82, 2.24) is 10.3 Å². The molecule has 1 atom stereocenters. The maximum Gasteiger partial charge on any atom is 0.339 e. The third kappa shape index (κ3) is 6.86. The number of amides is 2. The van der Waals surface area contributed by atoms with E-state index in [1.54, 1.807) is 11.3 Å². The van der Waals surface area contributed by atoms with Gasteiger partial charge in [0.2, 0.25) is 5.91 Å². The number of nitrogens with zero attached hydrogens (tertiary/aromatic N) is 1. The normalized spacial score (nSPS) is 15.7. The molecule has 2 aromatic carbocycles. The Labute approximate surface area is 256 Å². The molecule has 0 fully saturated rings. The highest BCUT2D eigenvalue weighted by atomic mass is 32.1. The van der Waals surface area contributed by atoms with Crippen LogP contribution in [0.5, 0.6) is 0 Å². The number of thiophene rings is 1. The summed E-state index contributed by atoms with van der Waals surface area (Å²) >= 11 is 1.66. The Kier molecular flexibility index (Phi) is 8.78. The van der Waals surface area contributed by atoms with Crippen LogP contribution < -0.4 is 10.6 Å². The maximum atomic E-state index is 13.7. The number of rotatable bonds is 7. The van der Waals surface area contributed by atoms with E-state index in [0.717, 1.165) is 39.3 Å². The molecule has 2 heterocycles. The van der Waals surface area contributed by atoms with Crippen molar-refractivity contribution >= 4 is 57.4 Å². The number of fused-ring (bicyclic) bond motifs is 2. The Balaban J connectivity index is 1.37. The molecule has 2 N–H and O–H groups in total. The lowest BCUT2D eigenvalue weighted by Gasteiger charge is -2.36. The van der Waals surface area contributed by atoms with Crippen molar-refractivity contribution in [2.24, 2.45) is 11.3 Å². The molecule has 8 heteroatoms. The first-order valence-electron chi connectivity index (χ1n) is 14.5. The number of nitrogens with one attached hydrogen (secondary N) is 2. The molecule has 222 valence electrons. The number of anilines is 1. The quantitative estimate of drug-likeness (QED) is 0.225. The van der Waals surface area contributed by atoms with Crippen molar-refractivity contribution in [3.8, 4) is 0 Å². The molecule has 0 saturated heterocycles. The van der Waals surface area contributed by atoms with Gasteiger partial charge in [0.15, 0.2) is 6.61 Å². The van der Waals surface area contributed by atoms with E-state index < -0.39 is 18.5 Å².